The molecule has 2 N–H and O–H groups in total. The average molecular weight is 221 g/mol. The molecular formula is C13H19NO2. The zero-order valence-electron chi connectivity index (χ0n) is 9.52. The number of nitrogens with two attached hydrogens (primary N) is 1. The molecule has 0 radical (unpaired) electrons. The van der Waals surface area contributed by atoms with E-state index in [9.17, 15) is 0 Å². The Morgan fingerprint density at radius 1 is 1.44 bits per heavy atom. The fourth-order valence-corrected chi connectivity index (χ4v) is 3.00. The van der Waals surface area contributed by atoms with Crippen molar-refractivity contribution >= 4 is 0 Å². The standard InChI is InChI=1S/C13H19NO2/c14-12(11-3-1-7-15-11)10-4-8-16-13(9-10)5-2-6-13/h1,3,7,10,12H,2,4-6,8-9,14H2. The summed E-state index contributed by atoms with van der Waals surface area (Å²) in [5, 5.41) is 0. The van der Waals surface area contributed by atoms with Crippen molar-refractivity contribution in [2.45, 2.75) is 43.7 Å². The Bertz CT molecular complexity index is 343. The van der Waals surface area contributed by atoms with Gasteiger partial charge >= 0.3 is 0 Å². The topological polar surface area (TPSA) is 48.4 Å². The fraction of sp³-hybridized carbons (Fsp3) is 0.692. The molecule has 2 atom stereocenters. The summed E-state index contributed by atoms with van der Waals surface area (Å²) >= 11 is 0. The highest BCUT2D eigenvalue weighted by Crippen LogP contribution is 2.46. The van der Waals surface area contributed by atoms with Crippen LogP contribution in [0.25, 0.3) is 0 Å². The van der Waals surface area contributed by atoms with Crippen LogP contribution in [0.2, 0.25) is 0 Å². The predicted molar refractivity (Wildman–Crippen MR) is 60.9 cm³/mol. The summed E-state index contributed by atoms with van der Waals surface area (Å²) in [5.74, 6) is 1.43. The van der Waals surface area contributed by atoms with Gasteiger partial charge in [0.25, 0.3) is 0 Å². The van der Waals surface area contributed by atoms with Crippen molar-refractivity contribution in [3.05, 3.63) is 24.2 Å². The highest BCUT2D eigenvalue weighted by atomic mass is 16.5. The van der Waals surface area contributed by atoms with Gasteiger partial charge in [0, 0.05) is 6.61 Å². The van der Waals surface area contributed by atoms with Gasteiger partial charge in [-0.05, 0) is 50.2 Å². The zero-order chi connectivity index (χ0) is 11.0. The number of hydrogen-bond acceptors (Lipinski definition) is 3. The third kappa shape index (κ3) is 1.68. The van der Waals surface area contributed by atoms with Crippen molar-refractivity contribution in [2.24, 2.45) is 11.7 Å². The van der Waals surface area contributed by atoms with Crippen molar-refractivity contribution in [3.8, 4) is 0 Å². The summed E-state index contributed by atoms with van der Waals surface area (Å²) < 4.78 is 11.3. The van der Waals surface area contributed by atoms with E-state index in [1.165, 1.54) is 19.3 Å². The predicted octanol–water partition coefficient (Wildman–Crippen LogP) is 2.63. The normalized spacial score (nSPS) is 29.9. The first-order valence-electron chi connectivity index (χ1n) is 6.22. The quantitative estimate of drug-likeness (QED) is 0.835. The van der Waals surface area contributed by atoms with Gasteiger partial charge in [0.2, 0.25) is 0 Å². The Morgan fingerprint density at radius 3 is 2.94 bits per heavy atom. The molecule has 3 rings (SSSR count). The Hall–Kier alpha value is -0.800. The van der Waals surface area contributed by atoms with Crippen LogP contribution in [0.5, 0.6) is 0 Å². The van der Waals surface area contributed by atoms with Crippen LogP contribution in [0.4, 0.5) is 0 Å². The molecule has 1 saturated carbocycles. The fourth-order valence-electron chi connectivity index (χ4n) is 3.00. The lowest BCUT2D eigenvalue weighted by Crippen LogP contribution is -2.47. The molecular weight excluding hydrogens is 202 g/mol. The molecule has 1 aliphatic carbocycles. The molecule has 88 valence electrons. The molecule has 2 unspecified atom stereocenters. The van der Waals surface area contributed by atoms with E-state index in [0.29, 0.717) is 5.92 Å². The second-order valence-electron chi connectivity index (χ2n) is 5.18. The molecule has 0 bridgehead atoms. The first-order chi connectivity index (χ1) is 7.79. The zero-order valence-corrected chi connectivity index (χ0v) is 9.52. The third-order valence-electron chi connectivity index (χ3n) is 4.18. The summed E-state index contributed by atoms with van der Waals surface area (Å²) in [4.78, 5) is 0. The average Bonchev–Trinajstić information content (AvgIpc) is 2.79. The van der Waals surface area contributed by atoms with E-state index in [-0.39, 0.29) is 11.6 Å². The summed E-state index contributed by atoms with van der Waals surface area (Å²) in [6.07, 6.45) is 7.61. The first-order valence-corrected chi connectivity index (χ1v) is 6.22. The van der Waals surface area contributed by atoms with Crippen molar-refractivity contribution in [3.63, 3.8) is 0 Å². The molecule has 16 heavy (non-hydrogen) atoms. The molecule has 0 aromatic carbocycles. The van der Waals surface area contributed by atoms with Crippen LogP contribution in [0.1, 0.15) is 43.9 Å². The van der Waals surface area contributed by atoms with Crippen LogP contribution >= 0.6 is 0 Å². The van der Waals surface area contributed by atoms with Crippen molar-refractivity contribution in [2.75, 3.05) is 6.61 Å². The molecule has 1 aromatic heterocycles. The SMILES string of the molecule is NC(c1ccco1)C1CCOC2(CCC2)C1. The maximum atomic E-state index is 6.26. The molecule has 1 spiro atoms. The van der Waals surface area contributed by atoms with Gasteiger partial charge in [-0.15, -0.1) is 0 Å². The monoisotopic (exact) mass is 221 g/mol. The molecule has 1 saturated heterocycles. The van der Waals surface area contributed by atoms with E-state index < -0.39 is 0 Å². The molecule has 2 fully saturated rings. The Kier molecular flexibility index (Phi) is 2.52. The Balaban J connectivity index is 1.70. The van der Waals surface area contributed by atoms with Crippen molar-refractivity contribution < 1.29 is 9.15 Å². The van der Waals surface area contributed by atoms with E-state index >= 15 is 0 Å². The lowest BCUT2D eigenvalue weighted by atomic mass is 9.70. The number of ether oxygens (including phenoxy) is 1. The van der Waals surface area contributed by atoms with Crippen LogP contribution in [-0.2, 0) is 4.74 Å². The van der Waals surface area contributed by atoms with E-state index in [4.69, 9.17) is 14.9 Å². The van der Waals surface area contributed by atoms with Gasteiger partial charge in [0.05, 0.1) is 17.9 Å². The van der Waals surface area contributed by atoms with Crippen LogP contribution in [0.3, 0.4) is 0 Å². The summed E-state index contributed by atoms with van der Waals surface area (Å²) in [6, 6.07) is 3.93. The Morgan fingerprint density at radius 2 is 2.31 bits per heavy atom. The van der Waals surface area contributed by atoms with Gasteiger partial charge in [-0.3, -0.25) is 0 Å². The minimum Gasteiger partial charge on any atom is -0.468 e. The molecule has 1 aliphatic heterocycles. The summed E-state index contributed by atoms with van der Waals surface area (Å²) in [6.45, 7) is 0.860. The van der Waals surface area contributed by atoms with E-state index in [2.05, 4.69) is 0 Å². The van der Waals surface area contributed by atoms with Crippen LogP contribution < -0.4 is 5.73 Å². The second kappa shape index (κ2) is 3.90. The molecule has 1 aromatic rings. The molecule has 3 nitrogen and oxygen atoms in total. The number of rotatable bonds is 2. The summed E-state index contributed by atoms with van der Waals surface area (Å²) in [5.41, 5.74) is 6.44. The maximum absolute atomic E-state index is 6.26. The minimum absolute atomic E-state index is 0.0383. The highest BCUT2D eigenvalue weighted by molar-refractivity contribution is 5.07. The van der Waals surface area contributed by atoms with Gasteiger partial charge in [-0.1, -0.05) is 0 Å². The number of hydrogen-bond donors (Lipinski definition) is 1. The second-order valence-corrected chi connectivity index (χ2v) is 5.18. The lowest BCUT2D eigenvalue weighted by Gasteiger charge is -2.48. The van der Waals surface area contributed by atoms with Crippen molar-refractivity contribution in [1.29, 1.82) is 0 Å². The molecule has 0 amide bonds. The smallest absolute Gasteiger partial charge is 0.120 e. The minimum atomic E-state index is 0.0383. The molecule has 3 heteroatoms. The molecule has 2 heterocycles. The first kappa shape index (κ1) is 10.4. The van der Waals surface area contributed by atoms with Crippen LogP contribution in [0.15, 0.2) is 22.8 Å². The third-order valence-corrected chi connectivity index (χ3v) is 4.18. The number of furan rings is 1. The van der Waals surface area contributed by atoms with Gasteiger partial charge in [0.15, 0.2) is 0 Å². The van der Waals surface area contributed by atoms with Gasteiger partial charge < -0.3 is 14.9 Å². The van der Waals surface area contributed by atoms with Gasteiger partial charge in [0.1, 0.15) is 5.76 Å². The van der Waals surface area contributed by atoms with Gasteiger partial charge in [-0.25, -0.2) is 0 Å². The Labute approximate surface area is 96.0 Å². The van der Waals surface area contributed by atoms with Crippen molar-refractivity contribution in [1.82, 2.24) is 0 Å². The lowest BCUT2D eigenvalue weighted by molar-refractivity contribution is -0.146. The largest absolute Gasteiger partial charge is 0.468 e. The van der Waals surface area contributed by atoms with Gasteiger partial charge in [-0.2, -0.15) is 0 Å². The highest BCUT2D eigenvalue weighted by Gasteiger charge is 2.44. The molecule has 2 aliphatic rings. The van der Waals surface area contributed by atoms with Crippen LogP contribution in [-0.4, -0.2) is 12.2 Å². The summed E-state index contributed by atoms with van der Waals surface area (Å²) in [7, 11) is 0. The van der Waals surface area contributed by atoms with E-state index in [1.807, 2.05) is 12.1 Å². The maximum Gasteiger partial charge on any atom is 0.120 e. The van der Waals surface area contributed by atoms with E-state index in [0.717, 1.165) is 25.2 Å². The van der Waals surface area contributed by atoms with E-state index in [1.54, 1.807) is 6.26 Å². The van der Waals surface area contributed by atoms with Crippen LogP contribution in [0, 0.1) is 5.92 Å².